The largest absolute Gasteiger partial charge is 0.481 e. The van der Waals surface area contributed by atoms with Crippen LogP contribution < -0.4 is 0 Å². The van der Waals surface area contributed by atoms with Crippen molar-refractivity contribution in [2.75, 3.05) is 13.7 Å². The van der Waals surface area contributed by atoms with Gasteiger partial charge in [0, 0.05) is 19.7 Å². The van der Waals surface area contributed by atoms with Crippen LogP contribution in [0.3, 0.4) is 0 Å². The predicted molar refractivity (Wildman–Crippen MR) is 77.7 cm³/mol. The number of nitrogens with zero attached hydrogens (tertiary/aromatic N) is 1. The third kappa shape index (κ3) is 3.82. The zero-order valence-electron chi connectivity index (χ0n) is 12.4. The van der Waals surface area contributed by atoms with Crippen LogP contribution in [0.25, 0.3) is 0 Å². The van der Waals surface area contributed by atoms with Crippen LogP contribution >= 0.6 is 0 Å². The second-order valence-corrected chi connectivity index (χ2v) is 5.49. The standard InChI is InChI=1S/C16H21NO4/c1-11(16(19)20)10-17(13-8-9-13)15(18)14(21-2)12-6-4-3-5-7-12/h3-7,11,13-14H,8-10H2,1-2H3,(H,19,20)/t11?,14-/m1/s1. The third-order valence-electron chi connectivity index (χ3n) is 3.73. The topological polar surface area (TPSA) is 66.8 Å². The van der Waals surface area contributed by atoms with Gasteiger partial charge in [0.1, 0.15) is 0 Å². The maximum atomic E-state index is 12.7. The van der Waals surface area contributed by atoms with Gasteiger partial charge in [0.05, 0.1) is 5.92 Å². The van der Waals surface area contributed by atoms with Gasteiger partial charge >= 0.3 is 5.97 Å². The highest BCUT2D eigenvalue weighted by Gasteiger charge is 2.37. The molecule has 1 N–H and O–H groups in total. The zero-order valence-corrected chi connectivity index (χ0v) is 12.4. The summed E-state index contributed by atoms with van der Waals surface area (Å²) in [5.41, 5.74) is 0.790. The molecule has 1 unspecified atom stereocenters. The summed E-state index contributed by atoms with van der Waals surface area (Å²) < 4.78 is 5.36. The molecule has 1 amide bonds. The fourth-order valence-corrected chi connectivity index (χ4v) is 2.34. The lowest BCUT2D eigenvalue weighted by Crippen LogP contribution is -2.41. The average molecular weight is 291 g/mol. The third-order valence-corrected chi connectivity index (χ3v) is 3.73. The number of methoxy groups -OCH3 is 1. The van der Waals surface area contributed by atoms with Gasteiger partial charge in [0.2, 0.25) is 0 Å². The SMILES string of the molecule is CO[C@@H](C(=O)N(CC(C)C(=O)O)C1CC1)c1ccccc1. The van der Waals surface area contributed by atoms with E-state index in [1.54, 1.807) is 11.8 Å². The molecule has 1 aliphatic carbocycles. The first kappa shape index (κ1) is 15.5. The summed E-state index contributed by atoms with van der Waals surface area (Å²) in [4.78, 5) is 25.4. The fraction of sp³-hybridized carbons (Fsp3) is 0.500. The number of rotatable bonds is 7. The summed E-state index contributed by atoms with van der Waals surface area (Å²) in [7, 11) is 1.50. The number of hydrogen-bond acceptors (Lipinski definition) is 3. The molecule has 2 rings (SSSR count). The molecule has 2 atom stereocenters. The Morgan fingerprint density at radius 2 is 1.95 bits per heavy atom. The summed E-state index contributed by atoms with van der Waals surface area (Å²) in [5, 5.41) is 9.06. The maximum Gasteiger partial charge on any atom is 0.308 e. The fourth-order valence-electron chi connectivity index (χ4n) is 2.34. The van der Waals surface area contributed by atoms with Gasteiger partial charge in [-0.1, -0.05) is 37.3 Å². The number of amides is 1. The van der Waals surface area contributed by atoms with Gasteiger partial charge in [-0.2, -0.15) is 0 Å². The molecule has 0 heterocycles. The average Bonchev–Trinajstić information content (AvgIpc) is 3.30. The summed E-state index contributed by atoms with van der Waals surface area (Å²) in [6.45, 7) is 1.85. The van der Waals surface area contributed by atoms with E-state index in [0.29, 0.717) is 0 Å². The highest BCUT2D eigenvalue weighted by Crippen LogP contribution is 2.31. The van der Waals surface area contributed by atoms with Crippen molar-refractivity contribution < 1.29 is 19.4 Å². The highest BCUT2D eigenvalue weighted by molar-refractivity contribution is 5.83. The predicted octanol–water partition coefficient (Wildman–Crippen LogP) is 2.09. The monoisotopic (exact) mass is 291 g/mol. The van der Waals surface area contributed by atoms with Crippen molar-refractivity contribution in [3.05, 3.63) is 35.9 Å². The molecule has 1 saturated carbocycles. The molecular weight excluding hydrogens is 270 g/mol. The Bertz CT molecular complexity index is 498. The zero-order chi connectivity index (χ0) is 15.4. The van der Waals surface area contributed by atoms with Gasteiger partial charge in [-0.25, -0.2) is 0 Å². The minimum Gasteiger partial charge on any atom is -0.481 e. The molecule has 1 aliphatic rings. The Balaban J connectivity index is 2.15. The lowest BCUT2D eigenvalue weighted by molar-refractivity contribution is -0.147. The van der Waals surface area contributed by atoms with Gasteiger partial charge < -0.3 is 14.7 Å². The number of carboxylic acid groups (broad SMARTS) is 1. The number of carbonyl (C=O) groups is 2. The number of benzene rings is 1. The van der Waals surface area contributed by atoms with Gasteiger partial charge in [-0.3, -0.25) is 9.59 Å². The molecule has 1 aromatic carbocycles. The van der Waals surface area contributed by atoms with Crippen LogP contribution in [0.2, 0.25) is 0 Å². The van der Waals surface area contributed by atoms with Crippen molar-refractivity contribution in [1.29, 1.82) is 0 Å². The lowest BCUT2D eigenvalue weighted by atomic mass is 10.1. The van der Waals surface area contributed by atoms with Gasteiger partial charge in [-0.05, 0) is 18.4 Å². The molecular formula is C16H21NO4. The van der Waals surface area contributed by atoms with Crippen molar-refractivity contribution in [1.82, 2.24) is 4.90 Å². The summed E-state index contributed by atoms with van der Waals surface area (Å²) in [6.07, 6.45) is 1.19. The van der Waals surface area contributed by atoms with Gasteiger partial charge in [-0.15, -0.1) is 0 Å². The normalized spacial score (nSPS) is 17.0. The summed E-state index contributed by atoms with van der Waals surface area (Å²) in [5.74, 6) is -1.62. The van der Waals surface area contributed by atoms with E-state index in [0.717, 1.165) is 18.4 Å². The Hall–Kier alpha value is -1.88. The van der Waals surface area contributed by atoms with E-state index in [2.05, 4.69) is 0 Å². The minimum absolute atomic E-state index is 0.153. The highest BCUT2D eigenvalue weighted by atomic mass is 16.5. The molecule has 114 valence electrons. The van der Waals surface area contributed by atoms with E-state index >= 15 is 0 Å². The summed E-state index contributed by atoms with van der Waals surface area (Å²) >= 11 is 0. The van der Waals surface area contributed by atoms with Crippen molar-refractivity contribution in [2.24, 2.45) is 5.92 Å². The van der Waals surface area contributed by atoms with Crippen LogP contribution in [-0.2, 0) is 14.3 Å². The Morgan fingerprint density at radius 3 is 2.43 bits per heavy atom. The molecule has 0 spiro atoms. The molecule has 21 heavy (non-hydrogen) atoms. The number of carbonyl (C=O) groups excluding carboxylic acids is 1. The molecule has 1 fully saturated rings. The molecule has 0 aliphatic heterocycles. The number of ether oxygens (including phenoxy) is 1. The van der Waals surface area contributed by atoms with Crippen LogP contribution in [0, 0.1) is 5.92 Å². The van der Waals surface area contributed by atoms with Crippen LogP contribution in [0.4, 0.5) is 0 Å². The number of carboxylic acids is 1. The van der Waals surface area contributed by atoms with Crippen LogP contribution in [-0.4, -0.2) is 41.6 Å². The van der Waals surface area contributed by atoms with Crippen LogP contribution in [0.5, 0.6) is 0 Å². The van der Waals surface area contributed by atoms with Gasteiger partial charge in [0.25, 0.3) is 5.91 Å². The van der Waals surface area contributed by atoms with Crippen molar-refractivity contribution in [3.8, 4) is 0 Å². The Morgan fingerprint density at radius 1 is 1.33 bits per heavy atom. The molecule has 0 radical (unpaired) electrons. The van der Waals surface area contributed by atoms with Crippen molar-refractivity contribution >= 4 is 11.9 Å². The molecule has 5 heteroatoms. The first-order valence-electron chi connectivity index (χ1n) is 7.15. The second kappa shape index (κ2) is 6.72. The van der Waals surface area contributed by atoms with E-state index < -0.39 is 18.0 Å². The first-order chi connectivity index (χ1) is 10.0. The van der Waals surface area contributed by atoms with Gasteiger partial charge in [0.15, 0.2) is 6.10 Å². The smallest absolute Gasteiger partial charge is 0.308 e. The molecule has 0 bridgehead atoms. The van der Waals surface area contributed by atoms with E-state index in [9.17, 15) is 9.59 Å². The van der Waals surface area contributed by atoms with E-state index in [1.807, 2.05) is 30.3 Å². The molecule has 0 aromatic heterocycles. The molecule has 5 nitrogen and oxygen atoms in total. The van der Waals surface area contributed by atoms with Crippen LogP contribution in [0.1, 0.15) is 31.4 Å². The minimum atomic E-state index is -0.887. The Kier molecular flexibility index (Phi) is 4.96. The summed E-state index contributed by atoms with van der Waals surface area (Å²) in [6, 6.07) is 9.44. The quantitative estimate of drug-likeness (QED) is 0.835. The molecule has 1 aromatic rings. The second-order valence-electron chi connectivity index (χ2n) is 5.49. The van der Waals surface area contributed by atoms with Crippen LogP contribution in [0.15, 0.2) is 30.3 Å². The van der Waals surface area contributed by atoms with E-state index in [4.69, 9.17) is 9.84 Å². The van der Waals surface area contributed by atoms with Crippen molar-refractivity contribution in [2.45, 2.75) is 31.9 Å². The maximum absolute atomic E-state index is 12.7. The Labute approximate surface area is 124 Å². The van der Waals surface area contributed by atoms with E-state index in [1.165, 1.54) is 7.11 Å². The van der Waals surface area contributed by atoms with Crippen molar-refractivity contribution in [3.63, 3.8) is 0 Å². The van der Waals surface area contributed by atoms with E-state index in [-0.39, 0.29) is 18.5 Å². The number of hydrogen-bond donors (Lipinski definition) is 1. The first-order valence-corrected chi connectivity index (χ1v) is 7.15. The lowest BCUT2D eigenvalue weighted by Gasteiger charge is -2.28. The number of aliphatic carboxylic acids is 1. The molecule has 0 saturated heterocycles.